The molecule has 0 saturated carbocycles. The van der Waals surface area contributed by atoms with Crippen LogP contribution in [0.25, 0.3) is 11.3 Å². The maximum absolute atomic E-state index is 11.7. The van der Waals surface area contributed by atoms with Crippen LogP contribution in [0.1, 0.15) is 11.1 Å². The van der Waals surface area contributed by atoms with Crippen LogP contribution in [0.4, 0.5) is 5.82 Å². The highest BCUT2D eigenvalue weighted by Gasteiger charge is 2.13. The van der Waals surface area contributed by atoms with Gasteiger partial charge in [0.05, 0.1) is 10.6 Å². The molecule has 1 aromatic heterocycles. The van der Waals surface area contributed by atoms with E-state index in [2.05, 4.69) is 15.5 Å². The molecule has 0 aliphatic rings. The summed E-state index contributed by atoms with van der Waals surface area (Å²) < 4.78 is 23.3. The number of aromatic nitrogens is 2. The number of nitrogens with two attached hydrogens (primary N) is 1. The molecule has 0 fully saturated rings. The fraction of sp³-hybridized carbons (Fsp3) is 0.111. The van der Waals surface area contributed by atoms with Gasteiger partial charge >= 0.3 is 0 Å². The van der Waals surface area contributed by atoms with E-state index in [1.165, 1.54) is 6.07 Å². The lowest BCUT2D eigenvalue weighted by Gasteiger charge is -2.09. The van der Waals surface area contributed by atoms with Gasteiger partial charge in [0.2, 0.25) is 10.0 Å². The van der Waals surface area contributed by atoms with E-state index < -0.39 is 10.0 Å². The molecule has 3 N–H and O–H groups in total. The number of hydrogen-bond acceptors (Lipinski definition) is 5. The highest BCUT2D eigenvalue weighted by Crippen LogP contribution is 2.23. The first-order valence-electron chi connectivity index (χ1n) is 7.79. The van der Waals surface area contributed by atoms with Crippen LogP contribution in [0, 0.1) is 6.92 Å². The maximum atomic E-state index is 11.7. The van der Waals surface area contributed by atoms with E-state index >= 15 is 0 Å². The summed E-state index contributed by atoms with van der Waals surface area (Å²) in [6.07, 6.45) is 0. The maximum Gasteiger partial charge on any atom is 0.238 e. The monoisotopic (exact) mass is 388 g/mol. The Bertz CT molecular complexity index is 1040. The molecule has 2 aromatic carbocycles. The minimum atomic E-state index is -3.79. The van der Waals surface area contributed by atoms with Crippen molar-refractivity contribution in [1.29, 1.82) is 0 Å². The molecule has 0 spiro atoms. The quantitative estimate of drug-likeness (QED) is 0.698. The van der Waals surface area contributed by atoms with Crippen molar-refractivity contribution >= 4 is 27.4 Å². The summed E-state index contributed by atoms with van der Waals surface area (Å²) in [6, 6.07) is 16.1. The fourth-order valence-electron chi connectivity index (χ4n) is 2.47. The third kappa shape index (κ3) is 4.19. The van der Waals surface area contributed by atoms with Crippen molar-refractivity contribution < 1.29 is 8.42 Å². The van der Waals surface area contributed by atoms with Crippen molar-refractivity contribution in [2.75, 3.05) is 5.32 Å². The minimum absolute atomic E-state index is 0.0812. The molecule has 0 bridgehead atoms. The van der Waals surface area contributed by atoms with Crippen LogP contribution in [0.2, 0.25) is 5.02 Å². The molecular formula is C18H17ClN4O2S. The molecule has 0 atom stereocenters. The average Bonchev–Trinajstić information content (AvgIpc) is 2.61. The molecule has 8 heteroatoms. The van der Waals surface area contributed by atoms with Gasteiger partial charge < -0.3 is 5.32 Å². The summed E-state index contributed by atoms with van der Waals surface area (Å²) in [5.74, 6) is 0.590. The molecule has 0 saturated heterocycles. The van der Waals surface area contributed by atoms with Gasteiger partial charge in [-0.2, -0.15) is 0 Å². The average molecular weight is 389 g/mol. The second-order valence-corrected chi connectivity index (χ2v) is 7.71. The van der Waals surface area contributed by atoms with Crippen LogP contribution in [0.3, 0.4) is 0 Å². The highest BCUT2D eigenvalue weighted by atomic mass is 35.5. The summed E-state index contributed by atoms with van der Waals surface area (Å²) in [6.45, 7) is 2.21. The van der Waals surface area contributed by atoms with Gasteiger partial charge in [0.1, 0.15) is 5.82 Å². The molecule has 6 nitrogen and oxygen atoms in total. The minimum Gasteiger partial charge on any atom is -0.364 e. The number of nitrogens with one attached hydrogen (secondary N) is 1. The Morgan fingerprint density at radius 1 is 1.08 bits per heavy atom. The molecule has 134 valence electrons. The normalized spacial score (nSPS) is 11.3. The zero-order valence-corrected chi connectivity index (χ0v) is 15.6. The van der Waals surface area contributed by atoms with E-state index in [4.69, 9.17) is 16.7 Å². The second kappa shape index (κ2) is 7.41. The number of rotatable bonds is 5. The zero-order chi connectivity index (χ0) is 18.7. The number of hydrogen-bond donors (Lipinski definition) is 2. The Hall–Kier alpha value is -2.48. The highest BCUT2D eigenvalue weighted by molar-refractivity contribution is 7.89. The first kappa shape index (κ1) is 18.3. The Morgan fingerprint density at radius 2 is 1.85 bits per heavy atom. The molecular weight excluding hydrogens is 372 g/mol. The standard InChI is InChI=1S/C18H17ClN4O2S/c1-12-6-7-13(10-17(12)26(20,24)25)16-8-9-18(23-22-16)21-11-14-4-2-3-5-15(14)19/h2-10H,11H2,1H3,(H,21,23)(H2,20,24,25). The molecule has 0 radical (unpaired) electrons. The molecule has 0 amide bonds. The lowest BCUT2D eigenvalue weighted by atomic mass is 10.1. The second-order valence-electron chi connectivity index (χ2n) is 5.77. The van der Waals surface area contributed by atoms with Crippen molar-refractivity contribution in [1.82, 2.24) is 10.2 Å². The van der Waals surface area contributed by atoms with Crippen LogP contribution < -0.4 is 10.5 Å². The number of sulfonamides is 1. The Kier molecular flexibility index (Phi) is 5.22. The van der Waals surface area contributed by atoms with Crippen LogP contribution in [-0.4, -0.2) is 18.6 Å². The van der Waals surface area contributed by atoms with Crippen molar-refractivity contribution in [2.24, 2.45) is 5.14 Å². The lowest BCUT2D eigenvalue weighted by Crippen LogP contribution is -2.13. The van der Waals surface area contributed by atoms with Crippen molar-refractivity contribution in [3.8, 4) is 11.3 Å². The Balaban J connectivity index is 1.79. The molecule has 3 rings (SSSR count). The molecule has 0 aliphatic carbocycles. The van der Waals surface area contributed by atoms with Gasteiger partial charge in [0, 0.05) is 17.1 Å². The Morgan fingerprint density at radius 3 is 2.50 bits per heavy atom. The van der Waals surface area contributed by atoms with E-state index in [9.17, 15) is 8.42 Å². The zero-order valence-electron chi connectivity index (χ0n) is 14.0. The summed E-state index contributed by atoms with van der Waals surface area (Å²) in [5.41, 5.74) is 2.72. The third-order valence-corrected chi connectivity index (χ3v) is 5.29. The number of benzene rings is 2. The SMILES string of the molecule is Cc1ccc(-c2ccc(NCc3ccccc3Cl)nn2)cc1S(N)(=O)=O. The summed E-state index contributed by atoms with van der Waals surface area (Å²) in [7, 11) is -3.79. The third-order valence-electron chi connectivity index (χ3n) is 3.87. The van der Waals surface area contributed by atoms with E-state index in [0.717, 1.165) is 5.56 Å². The predicted molar refractivity (Wildman–Crippen MR) is 102 cm³/mol. The summed E-state index contributed by atoms with van der Waals surface area (Å²) in [5, 5.41) is 17.4. The van der Waals surface area contributed by atoms with E-state index in [1.807, 2.05) is 24.3 Å². The number of primary sulfonamides is 1. The molecule has 1 heterocycles. The first-order valence-corrected chi connectivity index (χ1v) is 9.72. The van der Waals surface area contributed by atoms with Crippen molar-refractivity contribution in [2.45, 2.75) is 18.4 Å². The summed E-state index contributed by atoms with van der Waals surface area (Å²) >= 11 is 6.12. The van der Waals surface area contributed by atoms with Gasteiger partial charge in [-0.3, -0.25) is 0 Å². The lowest BCUT2D eigenvalue weighted by molar-refractivity contribution is 0.597. The van der Waals surface area contributed by atoms with Gasteiger partial charge in [-0.05, 0) is 42.3 Å². The van der Waals surface area contributed by atoms with E-state index in [1.54, 1.807) is 31.2 Å². The Labute approximate surface area is 157 Å². The smallest absolute Gasteiger partial charge is 0.238 e. The topological polar surface area (TPSA) is 98.0 Å². The van der Waals surface area contributed by atoms with Crippen LogP contribution >= 0.6 is 11.6 Å². The van der Waals surface area contributed by atoms with Crippen LogP contribution in [0.5, 0.6) is 0 Å². The molecule has 3 aromatic rings. The number of anilines is 1. The van der Waals surface area contributed by atoms with Gasteiger partial charge in [0.25, 0.3) is 0 Å². The molecule has 0 unspecified atom stereocenters. The summed E-state index contributed by atoms with van der Waals surface area (Å²) in [4.78, 5) is 0.0812. The van der Waals surface area contributed by atoms with Crippen LogP contribution in [0.15, 0.2) is 59.5 Å². The first-order chi connectivity index (χ1) is 12.3. The van der Waals surface area contributed by atoms with E-state index in [0.29, 0.717) is 34.2 Å². The number of aryl methyl sites for hydroxylation is 1. The van der Waals surface area contributed by atoms with Gasteiger partial charge in [0.15, 0.2) is 0 Å². The van der Waals surface area contributed by atoms with Gasteiger partial charge in [-0.25, -0.2) is 13.6 Å². The van der Waals surface area contributed by atoms with E-state index in [-0.39, 0.29) is 4.90 Å². The molecule has 26 heavy (non-hydrogen) atoms. The molecule has 0 aliphatic heterocycles. The van der Waals surface area contributed by atoms with Crippen molar-refractivity contribution in [3.05, 3.63) is 70.7 Å². The largest absolute Gasteiger partial charge is 0.364 e. The van der Waals surface area contributed by atoms with Crippen LogP contribution in [-0.2, 0) is 16.6 Å². The number of nitrogens with zero attached hydrogens (tertiary/aromatic N) is 2. The van der Waals surface area contributed by atoms with Gasteiger partial charge in [-0.1, -0.05) is 41.9 Å². The number of halogens is 1. The van der Waals surface area contributed by atoms with Crippen molar-refractivity contribution in [3.63, 3.8) is 0 Å². The van der Waals surface area contributed by atoms with Gasteiger partial charge in [-0.15, -0.1) is 10.2 Å². The fourth-order valence-corrected chi connectivity index (χ4v) is 3.48. The predicted octanol–water partition coefficient (Wildman–Crippen LogP) is 3.36.